The third kappa shape index (κ3) is 3.47. The predicted octanol–water partition coefficient (Wildman–Crippen LogP) is 4.24. The van der Waals surface area contributed by atoms with E-state index in [2.05, 4.69) is 0 Å². The van der Waals surface area contributed by atoms with Gasteiger partial charge in [0.1, 0.15) is 11.9 Å². The fourth-order valence-electron chi connectivity index (χ4n) is 5.26. The molecule has 2 spiro atoms. The largest absolute Gasteiger partial charge is 0.514 e. The van der Waals surface area contributed by atoms with Crippen LogP contribution in [0.4, 0.5) is 10.5 Å². The second-order valence-electron chi connectivity index (χ2n) is 8.51. The van der Waals surface area contributed by atoms with Gasteiger partial charge in [0.25, 0.3) is 5.69 Å². The number of rotatable bonds is 3. The van der Waals surface area contributed by atoms with Gasteiger partial charge in [0.15, 0.2) is 0 Å². The number of nitrogens with zero attached hydrogens (tertiary/aromatic N) is 1. The minimum absolute atomic E-state index is 0.0787. The molecule has 5 rings (SSSR count). The zero-order chi connectivity index (χ0) is 20.1. The highest BCUT2D eigenvalue weighted by molar-refractivity contribution is 5.64. The minimum atomic E-state index is -0.874. The van der Waals surface area contributed by atoms with Crippen molar-refractivity contribution in [2.24, 2.45) is 11.8 Å². The van der Waals surface area contributed by atoms with Crippen molar-refractivity contribution in [3.63, 3.8) is 0 Å². The molecule has 9 nitrogen and oxygen atoms in total. The summed E-state index contributed by atoms with van der Waals surface area (Å²) < 4.78 is 17.0. The van der Waals surface area contributed by atoms with Crippen LogP contribution in [-0.4, -0.2) is 28.8 Å². The van der Waals surface area contributed by atoms with Gasteiger partial charge in [-0.1, -0.05) is 0 Å². The highest BCUT2D eigenvalue weighted by Crippen LogP contribution is 2.59. The summed E-state index contributed by atoms with van der Waals surface area (Å²) in [6.07, 6.45) is 5.61. The fraction of sp³-hybridized carbons (Fsp3) is 0.650. The Morgan fingerprint density at radius 1 is 1.14 bits per heavy atom. The van der Waals surface area contributed by atoms with Crippen LogP contribution in [0.25, 0.3) is 0 Å². The Kier molecular flexibility index (Phi) is 4.49. The van der Waals surface area contributed by atoms with Crippen molar-refractivity contribution in [3.05, 3.63) is 34.4 Å². The molecule has 0 N–H and O–H groups in total. The summed E-state index contributed by atoms with van der Waals surface area (Å²) in [5.74, 6) is -0.305. The Labute approximate surface area is 167 Å². The van der Waals surface area contributed by atoms with E-state index in [0.717, 1.165) is 25.7 Å². The number of nitro groups is 1. The zero-order valence-electron chi connectivity index (χ0n) is 15.9. The standard InChI is InChI=1S/C20H23NO8/c22-18(25-16-7-5-15(6-8-16)21(23)24)26-17-2-1-9-19(12-17)27-20(29-28-19)11-13-3-4-14(20)10-13/h5-8,13-14,17H,1-4,9-12H2/t13-,14+,17?,19?,20+/m1/s1. The average Bonchev–Trinajstić information content (AvgIpc) is 3.37. The predicted molar refractivity (Wildman–Crippen MR) is 96.6 cm³/mol. The summed E-state index contributed by atoms with van der Waals surface area (Å²) in [4.78, 5) is 33.8. The lowest BCUT2D eigenvalue weighted by molar-refractivity contribution is -0.384. The van der Waals surface area contributed by atoms with Gasteiger partial charge in [-0.05, 0) is 50.2 Å². The summed E-state index contributed by atoms with van der Waals surface area (Å²) in [6, 6.07) is 5.25. The van der Waals surface area contributed by atoms with Gasteiger partial charge in [0, 0.05) is 37.3 Å². The van der Waals surface area contributed by atoms with Crippen LogP contribution in [0.15, 0.2) is 24.3 Å². The number of carbonyl (C=O) groups is 1. The monoisotopic (exact) mass is 405 g/mol. The van der Waals surface area contributed by atoms with E-state index in [1.807, 2.05) is 0 Å². The normalized spacial score (nSPS) is 37.9. The first-order chi connectivity index (χ1) is 14.0. The maximum atomic E-state index is 12.2. The van der Waals surface area contributed by atoms with Gasteiger partial charge >= 0.3 is 6.16 Å². The van der Waals surface area contributed by atoms with E-state index in [9.17, 15) is 14.9 Å². The van der Waals surface area contributed by atoms with Gasteiger partial charge in [-0.15, -0.1) is 0 Å². The summed E-state index contributed by atoms with van der Waals surface area (Å²) in [6.45, 7) is 0. The molecule has 2 bridgehead atoms. The quantitative estimate of drug-likeness (QED) is 0.242. The number of nitro benzene ring substituents is 1. The molecule has 29 heavy (non-hydrogen) atoms. The van der Waals surface area contributed by atoms with Crippen molar-refractivity contribution in [1.82, 2.24) is 0 Å². The Morgan fingerprint density at radius 3 is 2.66 bits per heavy atom. The van der Waals surface area contributed by atoms with Gasteiger partial charge in [-0.2, -0.15) is 9.78 Å². The van der Waals surface area contributed by atoms with Crippen LogP contribution in [0.2, 0.25) is 0 Å². The zero-order valence-corrected chi connectivity index (χ0v) is 15.9. The molecule has 1 saturated heterocycles. The lowest BCUT2D eigenvalue weighted by atomic mass is 9.90. The van der Waals surface area contributed by atoms with Gasteiger partial charge in [-0.25, -0.2) is 4.79 Å². The van der Waals surface area contributed by atoms with Crippen molar-refractivity contribution >= 4 is 11.8 Å². The molecule has 9 heteroatoms. The maximum absolute atomic E-state index is 12.2. The molecule has 0 amide bonds. The van der Waals surface area contributed by atoms with E-state index in [4.69, 9.17) is 24.0 Å². The van der Waals surface area contributed by atoms with Crippen LogP contribution in [0.5, 0.6) is 5.75 Å². The lowest BCUT2D eigenvalue weighted by Crippen LogP contribution is -2.44. The van der Waals surface area contributed by atoms with Gasteiger partial charge in [-0.3, -0.25) is 10.1 Å². The summed E-state index contributed by atoms with van der Waals surface area (Å²) in [7, 11) is 0. The second-order valence-corrected chi connectivity index (χ2v) is 8.51. The van der Waals surface area contributed by atoms with E-state index in [1.54, 1.807) is 0 Å². The van der Waals surface area contributed by atoms with Crippen LogP contribution in [-0.2, 0) is 19.2 Å². The number of carbonyl (C=O) groups excluding carboxylic acids is 1. The van der Waals surface area contributed by atoms with Crippen molar-refractivity contribution in [2.45, 2.75) is 69.0 Å². The molecule has 156 valence electrons. The number of benzene rings is 1. The van der Waals surface area contributed by atoms with Crippen LogP contribution in [0, 0.1) is 22.0 Å². The fourth-order valence-corrected chi connectivity index (χ4v) is 5.26. The third-order valence-electron chi connectivity index (χ3n) is 6.56. The SMILES string of the molecule is O=C(Oc1ccc([N+](=O)[O-])cc1)OC1CCCC2(C1)OO[C@]1(C[C@@H]3CC[C@H]1C3)O2. The van der Waals surface area contributed by atoms with Crippen LogP contribution < -0.4 is 4.74 Å². The molecule has 0 aromatic heterocycles. The molecule has 3 saturated carbocycles. The van der Waals surface area contributed by atoms with Crippen molar-refractivity contribution < 1.29 is 33.7 Å². The van der Waals surface area contributed by atoms with E-state index in [0.29, 0.717) is 31.1 Å². The van der Waals surface area contributed by atoms with Crippen molar-refractivity contribution in [2.75, 3.05) is 0 Å². The van der Waals surface area contributed by atoms with E-state index in [-0.39, 0.29) is 11.4 Å². The summed E-state index contributed by atoms with van der Waals surface area (Å²) in [5.41, 5.74) is -0.0787. The molecule has 4 fully saturated rings. The van der Waals surface area contributed by atoms with Gasteiger partial charge < -0.3 is 14.2 Å². The third-order valence-corrected chi connectivity index (χ3v) is 6.56. The molecule has 1 aliphatic heterocycles. The molecule has 2 unspecified atom stereocenters. The second kappa shape index (κ2) is 6.93. The molecular formula is C20H23NO8. The molecule has 5 atom stereocenters. The number of non-ortho nitro benzene ring substituents is 1. The summed E-state index contributed by atoms with van der Waals surface area (Å²) >= 11 is 0. The summed E-state index contributed by atoms with van der Waals surface area (Å²) in [5, 5.41) is 10.7. The number of hydrogen-bond acceptors (Lipinski definition) is 8. The number of fused-ring (bicyclic) bond motifs is 3. The first kappa shape index (κ1) is 18.8. The number of ether oxygens (including phenoxy) is 3. The Bertz CT molecular complexity index is 813. The molecule has 1 aromatic rings. The van der Waals surface area contributed by atoms with E-state index in [1.165, 1.54) is 30.7 Å². The van der Waals surface area contributed by atoms with Crippen LogP contribution in [0.1, 0.15) is 51.4 Å². The van der Waals surface area contributed by atoms with E-state index >= 15 is 0 Å². The Hall–Kier alpha value is -2.23. The first-order valence-corrected chi connectivity index (χ1v) is 10.2. The average molecular weight is 405 g/mol. The lowest BCUT2D eigenvalue weighted by Gasteiger charge is -2.36. The van der Waals surface area contributed by atoms with Crippen LogP contribution >= 0.6 is 0 Å². The molecule has 0 radical (unpaired) electrons. The first-order valence-electron chi connectivity index (χ1n) is 10.2. The molecule has 4 aliphatic rings. The molecule has 1 heterocycles. The molecule has 3 aliphatic carbocycles. The maximum Gasteiger partial charge on any atom is 0.514 e. The van der Waals surface area contributed by atoms with Crippen molar-refractivity contribution in [1.29, 1.82) is 0 Å². The van der Waals surface area contributed by atoms with Gasteiger partial charge in [0.05, 0.1) is 4.92 Å². The Balaban J connectivity index is 1.18. The molecule has 1 aromatic carbocycles. The highest BCUT2D eigenvalue weighted by atomic mass is 17.3. The topological polar surface area (TPSA) is 106 Å². The van der Waals surface area contributed by atoms with E-state index < -0.39 is 28.8 Å². The van der Waals surface area contributed by atoms with Crippen LogP contribution in [0.3, 0.4) is 0 Å². The Morgan fingerprint density at radius 2 is 1.97 bits per heavy atom. The minimum Gasteiger partial charge on any atom is -0.430 e. The smallest absolute Gasteiger partial charge is 0.430 e. The highest BCUT2D eigenvalue weighted by Gasteiger charge is 2.63. The van der Waals surface area contributed by atoms with Crippen molar-refractivity contribution in [3.8, 4) is 5.75 Å². The molecular weight excluding hydrogens is 382 g/mol. The number of hydrogen-bond donors (Lipinski definition) is 0. The van der Waals surface area contributed by atoms with Gasteiger partial charge in [0.2, 0.25) is 11.6 Å².